The summed E-state index contributed by atoms with van der Waals surface area (Å²) in [6.07, 6.45) is 2.67. The van der Waals surface area contributed by atoms with Gasteiger partial charge in [0, 0.05) is 4.90 Å². The predicted octanol–water partition coefficient (Wildman–Crippen LogP) is 5.91. The second-order valence-electron chi connectivity index (χ2n) is 8.77. The minimum Gasteiger partial charge on any atom is -0.494 e. The van der Waals surface area contributed by atoms with Gasteiger partial charge in [0.05, 0.1) is 23.2 Å². The zero-order valence-corrected chi connectivity index (χ0v) is 22.8. The van der Waals surface area contributed by atoms with Gasteiger partial charge in [-0.15, -0.1) is 11.8 Å². The fraction of sp³-hybridized carbons (Fsp3) is 0.321. The third-order valence-corrected chi connectivity index (χ3v) is 8.15. The highest BCUT2D eigenvalue weighted by molar-refractivity contribution is 7.98. The molecule has 0 saturated heterocycles. The Bertz CT molecular complexity index is 1210. The average molecular weight is 527 g/mol. The fourth-order valence-corrected chi connectivity index (χ4v) is 5.70. The average Bonchev–Trinajstić information content (AvgIpc) is 2.88. The van der Waals surface area contributed by atoms with Gasteiger partial charge in [-0.05, 0) is 79.6 Å². The van der Waals surface area contributed by atoms with Crippen molar-refractivity contribution in [3.05, 3.63) is 84.4 Å². The summed E-state index contributed by atoms with van der Waals surface area (Å²) in [5.41, 5.74) is 1.38. The molecule has 0 aliphatic rings. The molecule has 192 valence electrons. The van der Waals surface area contributed by atoms with Crippen LogP contribution in [0.2, 0.25) is 0 Å². The van der Waals surface area contributed by atoms with Gasteiger partial charge in [-0.25, -0.2) is 8.42 Å². The first kappa shape index (κ1) is 27.6. The Balaban J connectivity index is 1.92. The molecule has 3 aromatic rings. The van der Waals surface area contributed by atoms with Crippen LogP contribution in [0, 0.1) is 5.92 Å². The van der Waals surface area contributed by atoms with E-state index < -0.39 is 10.0 Å². The van der Waals surface area contributed by atoms with Crippen LogP contribution in [0.5, 0.6) is 5.75 Å². The maximum atomic E-state index is 13.7. The van der Waals surface area contributed by atoms with E-state index in [1.165, 1.54) is 11.8 Å². The molecule has 0 spiro atoms. The van der Waals surface area contributed by atoms with Crippen LogP contribution in [0.25, 0.3) is 0 Å². The lowest BCUT2D eigenvalue weighted by Gasteiger charge is -2.27. The maximum Gasteiger partial charge on any atom is 0.264 e. The summed E-state index contributed by atoms with van der Waals surface area (Å²) in [6, 6.07) is 23.0. The first-order valence-electron chi connectivity index (χ1n) is 12.0. The van der Waals surface area contributed by atoms with Gasteiger partial charge in [0.1, 0.15) is 12.3 Å². The third-order valence-electron chi connectivity index (χ3n) is 5.61. The summed E-state index contributed by atoms with van der Waals surface area (Å²) in [5, 5.41) is 3.07. The Morgan fingerprint density at radius 2 is 1.61 bits per heavy atom. The molecular formula is C28H34N2O4S2. The van der Waals surface area contributed by atoms with Crippen LogP contribution in [0.1, 0.15) is 38.8 Å². The largest absolute Gasteiger partial charge is 0.494 e. The highest BCUT2D eigenvalue weighted by Crippen LogP contribution is 2.28. The lowest BCUT2D eigenvalue weighted by Crippen LogP contribution is -2.42. The van der Waals surface area contributed by atoms with Gasteiger partial charge in [0.25, 0.3) is 10.0 Å². The molecule has 1 atom stereocenters. The normalized spacial score (nSPS) is 12.2. The van der Waals surface area contributed by atoms with Gasteiger partial charge >= 0.3 is 0 Å². The minimum atomic E-state index is -4.00. The summed E-state index contributed by atoms with van der Waals surface area (Å²) in [4.78, 5) is 14.4. The second-order valence-corrected chi connectivity index (χ2v) is 11.5. The number of rotatable bonds is 12. The molecule has 0 fully saturated rings. The molecule has 0 bridgehead atoms. The molecule has 0 aliphatic heterocycles. The number of carbonyl (C=O) groups is 1. The molecule has 0 heterocycles. The molecule has 0 radical (unpaired) electrons. The fourth-order valence-electron chi connectivity index (χ4n) is 3.87. The van der Waals surface area contributed by atoms with Crippen LogP contribution in [0.3, 0.4) is 0 Å². The molecule has 0 aromatic heterocycles. The van der Waals surface area contributed by atoms with Gasteiger partial charge in [-0.3, -0.25) is 9.10 Å². The molecule has 1 unspecified atom stereocenters. The summed E-state index contributed by atoms with van der Waals surface area (Å²) in [7, 11) is -4.00. The van der Waals surface area contributed by atoms with Gasteiger partial charge < -0.3 is 10.1 Å². The molecule has 1 amide bonds. The topological polar surface area (TPSA) is 75.7 Å². The van der Waals surface area contributed by atoms with Crippen LogP contribution >= 0.6 is 11.8 Å². The Morgan fingerprint density at radius 3 is 2.17 bits per heavy atom. The SMILES string of the molecule is CCOc1ccc(N(CC(=O)NC(CC(C)C)c2ccccc2)S(=O)(=O)c2ccc(SC)cc2)cc1. The van der Waals surface area contributed by atoms with Crippen LogP contribution in [0.15, 0.2) is 88.7 Å². The minimum absolute atomic E-state index is 0.128. The van der Waals surface area contributed by atoms with Crippen molar-refractivity contribution in [2.75, 3.05) is 23.7 Å². The molecule has 8 heteroatoms. The number of nitrogens with one attached hydrogen (secondary N) is 1. The van der Waals surface area contributed by atoms with E-state index in [0.717, 1.165) is 21.2 Å². The standard InChI is InChI=1S/C28H34N2O4S2/c1-5-34-24-13-11-23(12-14-24)30(36(32,33)26-17-15-25(35-4)16-18-26)20-28(31)29-27(19-21(2)3)22-9-7-6-8-10-22/h6-18,21,27H,5,19-20H2,1-4H3,(H,29,31). The van der Waals surface area contributed by atoms with Crippen LogP contribution < -0.4 is 14.4 Å². The number of anilines is 1. The number of hydrogen-bond acceptors (Lipinski definition) is 5. The van der Waals surface area contributed by atoms with Gasteiger partial charge in [0.2, 0.25) is 5.91 Å². The number of nitrogens with zero attached hydrogens (tertiary/aromatic N) is 1. The monoisotopic (exact) mass is 526 g/mol. The Morgan fingerprint density at radius 1 is 0.972 bits per heavy atom. The van der Waals surface area contributed by atoms with Gasteiger partial charge in [-0.2, -0.15) is 0 Å². The van der Waals surface area contributed by atoms with E-state index >= 15 is 0 Å². The second kappa shape index (κ2) is 12.8. The molecule has 0 saturated carbocycles. The summed E-state index contributed by atoms with van der Waals surface area (Å²) in [6.45, 7) is 6.23. The maximum absolute atomic E-state index is 13.7. The van der Waals surface area contributed by atoms with E-state index in [1.54, 1.807) is 48.5 Å². The smallest absolute Gasteiger partial charge is 0.264 e. The zero-order chi connectivity index (χ0) is 26.1. The molecule has 6 nitrogen and oxygen atoms in total. The number of sulfonamides is 1. The van der Waals surface area contributed by atoms with Crippen molar-refractivity contribution in [3.63, 3.8) is 0 Å². The number of thioether (sulfide) groups is 1. The van der Waals surface area contributed by atoms with Crippen molar-refractivity contribution in [1.82, 2.24) is 5.32 Å². The number of amides is 1. The first-order chi connectivity index (χ1) is 17.2. The summed E-state index contributed by atoms with van der Waals surface area (Å²) < 4.78 is 34.1. The molecule has 1 N–H and O–H groups in total. The molecular weight excluding hydrogens is 492 g/mol. The van der Waals surface area contributed by atoms with Crippen molar-refractivity contribution in [1.29, 1.82) is 0 Å². The van der Waals surface area contributed by atoms with E-state index in [2.05, 4.69) is 19.2 Å². The highest BCUT2D eigenvalue weighted by atomic mass is 32.2. The Kier molecular flexibility index (Phi) is 9.84. The highest BCUT2D eigenvalue weighted by Gasteiger charge is 2.28. The van der Waals surface area contributed by atoms with E-state index in [-0.39, 0.29) is 23.4 Å². The molecule has 36 heavy (non-hydrogen) atoms. The lowest BCUT2D eigenvalue weighted by molar-refractivity contribution is -0.120. The van der Waals surface area contributed by atoms with E-state index in [1.807, 2.05) is 43.5 Å². The van der Waals surface area contributed by atoms with Gasteiger partial charge in [-0.1, -0.05) is 44.2 Å². The number of ether oxygens (including phenoxy) is 1. The van der Waals surface area contributed by atoms with Crippen molar-refractivity contribution in [2.45, 2.75) is 43.0 Å². The summed E-state index contributed by atoms with van der Waals surface area (Å²) in [5.74, 6) is 0.604. The number of hydrogen-bond donors (Lipinski definition) is 1. The third kappa shape index (κ3) is 7.27. The predicted molar refractivity (Wildman–Crippen MR) is 147 cm³/mol. The van der Waals surface area contributed by atoms with Crippen molar-refractivity contribution in [2.24, 2.45) is 5.92 Å². The Labute approximate surface area is 219 Å². The zero-order valence-electron chi connectivity index (χ0n) is 21.2. The van der Waals surface area contributed by atoms with Gasteiger partial charge in [0.15, 0.2) is 0 Å². The van der Waals surface area contributed by atoms with E-state index in [9.17, 15) is 13.2 Å². The van der Waals surface area contributed by atoms with E-state index in [4.69, 9.17) is 4.74 Å². The summed E-state index contributed by atoms with van der Waals surface area (Å²) >= 11 is 1.53. The van der Waals surface area contributed by atoms with Crippen LogP contribution in [0.4, 0.5) is 5.69 Å². The molecule has 3 aromatic carbocycles. The van der Waals surface area contributed by atoms with E-state index in [0.29, 0.717) is 24.0 Å². The number of carbonyl (C=O) groups excluding carboxylic acids is 1. The Hall–Kier alpha value is -2.97. The lowest BCUT2D eigenvalue weighted by atomic mass is 9.97. The van der Waals surface area contributed by atoms with Crippen LogP contribution in [-0.4, -0.2) is 33.7 Å². The number of benzene rings is 3. The van der Waals surface area contributed by atoms with Crippen molar-refractivity contribution < 1.29 is 17.9 Å². The quantitative estimate of drug-likeness (QED) is 0.297. The van der Waals surface area contributed by atoms with Crippen molar-refractivity contribution >= 4 is 33.4 Å². The van der Waals surface area contributed by atoms with Crippen LogP contribution in [-0.2, 0) is 14.8 Å². The van der Waals surface area contributed by atoms with Crippen molar-refractivity contribution in [3.8, 4) is 5.75 Å². The first-order valence-corrected chi connectivity index (χ1v) is 14.6. The molecule has 3 rings (SSSR count). The molecule has 0 aliphatic carbocycles.